The Labute approximate surface area is 167 Å². The van der Waals surface area contributed by atoms with Crippen LogP contribution < -0.4 is 10.2 Å². The molecule has 4 aromatic rings. The fourth-order valence-electron chi connectivity index (χ4n) is 3.88. The standard InChI is InChI=1S/C22H13F3N2O3/c23-22(24,25)30-14-9-7-13(8-10-14)12-27-16-5-2-1-4-15(16)20(28)18-19(27)17-6-3-11-26(17)21(18)29/h1-11H,12H2. The summed E-state index contributed by atoms with van der Waals surface area (Å²) in [5.74, 6) is -0.700. The van der Waals surface area contributed by atoms with Gasteiger partial charge in [-0.3, -0.25) is 14.2 Å². The first kappa shape index (κ1) is 18.2. The molecule has 0 radical (unpaired) electrons. The molecular formula is C22H13F3N2O3. The number of nitrogens with zero attached hydrogens (tertiary/aromatic N) is 2. The molecule has 0 amide bonds. The SMILES string of the molecule is O=C1c2c(n(Cc3ccc(OC(F)(F)F)cc3)c3ccccc3c2=O)-c2cccn21. The van der Waals surface area contributed by atoms with E-state index in [4.69, 9.17) is 0 Å². The van der Waals surface area contributed by atoms with E-state index >= 15 is 0 Å². The first-order chi connectivity index (χ1) is 14.3. The third-order valence-electron chi connectivity index (χ3n) is 5.09. The lowest BCUT2D eigenvalue weighted by molar-refractivity contribution is -0.274. The van der Waals surface area contributed by atoms with Crippen LogP contribution in [0, 0.1) is 0 Å². The first-order valence-corrected chi connectivity index (χ1v) is 9.06. The molecule has 5 rings (SSSR count). The molecule has 0 fully saturated rings. The Morgan fingerprint density at radius 2 is 1.63 bits per heavy atom. The average Bonchev–Trinajstić information content (AvgIpc) is 3.28. The highest BCUT2D eigenvalue weighted by atomic mass is 19.4. The van der Waals surface area contributed by atoms with Crippen LogP contribution in [0.4, 0.5) is 13.2 Å². The summed E-state index contributed by atoms with van der Waals surface area (Å²) >= 11 is 0. The molecule has 8 heteroatoms. The van der Waals surface area contributed by atoms with Crippen LogP contribution in [0.3, 0.4) is 0 Å². The molecule has 0 unspecified atom stereocenters. The van der Waals surface area contributed by atoms with Crippen LogP contribution in [-0.4, -0.2) is 21.4 Å². The normalized spacial score (nSPS) is 12.8. The molecule has 0 spiro atoms. The van der Waals surface area contributed by atoms with Crippen molar-refractivity contribution >= 4 is 16.8 Å². The lowest BCUT2D eigenvalue weighted by Gasteiger charge is -2.17. The number of ether oxygens (including phenoxy) is 1. The van der Waals surface area contributed by atoms with Gasteiger partial charge in [0.25, 0.3) is 5.91 Å². The fraction of sp³-hybridized carbons (Fsp3) is 0.0909. The van der Waals surface area contributed by atoms with E-state index in [1.807, 2.05) is 4.57 Å². The number of benzene rings is 2. The Morgan fingerprint density at radius 3 is 2.37 bits per heavy atom. The smallest absolute Gasteiger partial charge is 0.406 e. The van der Waals surface area contributed by atoms with E-state index in [2.05, 4.69) is 4.74 Å². The minimum Gasteiger partial charge on any atom is -0.406 e. The fourth-order valence-corrected chi connectivity index (χ4v) is 3.88. The topological polar surface area (TPSA) is 53.2 Å². The molecule has 1 aliphatic rings. The molecule has 3 heterocycles. The Balaban J connectivity index is 1.67. The van der Waals surface area contributed by atoms with Gasteiger partial charge < -0.3 is 9.30 Å². The van der Waals surface area contributed by atoms with Crippen LogP contribution in [0.2, 0.25) is 0 Å². The number of pyridine rings is 1. The first-order valence-electron chi connectivity index (χ1n) is 9.06. The Morgan fingerprint density at radius 1 is 0.900 bits per heavy atom. The van der Waals surface area contributed by atoms with Crippen LogP contribution in [0.15, 0.2) is 71.7 Å². The number of halogens is 3. The third-order valence-corrected chi connectivity index (χ3v) is 5.09. The highest BCUT2D eigenvalue weighted by Crippen LogP contribution is 2.33. The second-order valence-corrected chi connectivity index (χ2v) is 6.92. The molecule has 30 heavy (non-hydrogen) atoms. The highest BCUT2D eigenvalue weighted by Gasteiger charge is 2.33. The van der Waals surface area contributed by atoms with E-state index in [0.29, 0.717) is 27.9 Å². The quantitative estimate of drug-likeness (QED) is 0.443. The number of hydrogen-bond acceptors (Lipinski definition) is 3. The van der Waals surface area contributed by atoms with Crippen molar-refractivity contribution in [2.75, 3.05) is 0 Å². The van der Waals surface area contributed by atoms with Crippen LogP contribution >= 0.6 is 0 Å². The summed E-state index contributed by atoms with van der Waals surface area (Å²) in [7, 11) is 0. The van der Waals surface area contributed by atoms with Gasteiger partial charge in [0, 0.05) is 18.1 Å². The summed E-state index contributed by atoms with van der Waals surface area (Å²) in [6, 6.07) is 16.0. The lowest BCUT2D eigenvalue weighted by atomic mass is 10.1. The number of aromatic nitrogens is 2. The number of alkyl halides is 3. The van der Waals surface area contributed by atoms with Crippen molar-refractivity contribution in [3.05, 3.63) is 88.2 Å². The predicted molar refractivity (Wildman–Crippen MR) is 104 cm³/mol. The number of hydrogen-bond donors (Lipinski definition) is 0. The molecule has 0 N–H and O–H groups in total. The zero-order chi connectivity index (χ0) is 21.0. The summed E-state index contributed by atoms with van der Waals surface area (Å²) < 4.78 is 44.4. The molecule has 5 nitrogen and oxygen atoms in total. The Kier molecular flexibility index (Phi) is 3.86. The van der Waals surface area contributed by atoms with Gasteiger partial charge >= 0.3 is 6.36 Å². The van der Waals surface area contributed by atoms with Crippen LogP contribution in [0.1, 0.15) is 15.9 Å². The van der Waals surface area contributed by atoms with E-state index < -0.39 is 6.36 Å². The van der Waals surface area contributed by atoms with Crippen molar-refractivity contribution < 1.29 is 22.7 Å². The van der Waals surface area contributed by atoms with E-state index in [0.717, 1.165) is 0 Å². The van der Waals surface area contributed by atoms with Crippen molar-refractivity contribution in [3.8, 4) is 17.1 Å². The van der Waals surface area contributed by atoms with Gasteiger partial charge in [0.05, 0.1) is 16.9 Å². The van der Waals surface area contributed by atoms with E-state index in [1.54, 1.807) is 42.6 Å². The average molecular weight is 410 g/mol. The van der Waals surface area contributed by atoms with Gasteiger partial charge in [0.2, 0.25) is 5.43 Å². The number of fused-ring (bicyclic) bond motifs is 4. The molecule has 0 aliphatic carbocycles. The predicted octanol–water partition coefficient (Wildman–Crippen LogP) is 4.42. The maximum atomic E-state index is 13.0. The molecular weight excluding hydrogens is 397 g/mol. The summed E-state index contributed by atoms with van der Waals surface area (Å²) in [5, 5.41) is 0.410. The van der Waals surface area contributed by atoms with Crippen molar-refractivity contribution in [2.24, 2.45) is 0 Å². The molecule has 150 valence electrons. The van der Waals surface area contributed by atoms with Gasteiger partial charge in [-0.1, -0.05) is 24.3 Å². The summed E-state index contributed by atoms with van der Waals surface area (Å²) in [5.41, 5.74) is 2.21. The molecule has 2 aromatic carbocycles. The summed E-state index contributed by atoms with van der Waals surface area (Å²) in [4.78, 5) is 25.8. The van der Waals surface area contributed by atoms with Gasteiger partial charge in [0.1, 0.15) is 11.3 Å². The van der Waals surface area contributed by atoms with Gasteiger partial charge in [-0.2, -0.15) is 0 Å². The second-order valence-electron chi connectivity index (χ2n) is 6.92. The third kappa shape index (κ3) is 2.80. The summed E-state index contributed by atoms with van der Waals surface area (Å²) in [6.07, 6.45) is -3.15. The van der Waals surface area contributed by atoms with Crippen LogP contribution in [-0.2, 0) is 6.54 Å². The molecule has 0 atom stereocenters. The second kappa shape index (κ2) is 6.35. The number of carbonyl (C=O) groups excluding carboxylic acids is 1. The van der Waals surface area contributed by atoms with Gasteiger partial charge in [0.15, 0.2) is 0 Å². The van der Waals surface area contributed by atoms with Crippen LogP contribution in [0.25, 0.3) is 22.3 Å². The van der Waals surface area contributed by atoms with E-state index in [1.165, 1.54) is 28.8 Å². The monoisotopic (exact) mass is 410 g/mol. The van der Waals surface area contributed by atoms with Gasteiger partial charge in [-0.05, 0) is 42.0 Å². The number of para-hydroxylation sites is 1. The van der Waals surface area contributed by atoms with Crippen molar-refractivity contribution in [3.63, 3.8) is 0 Å². The zero-order valence-electron chi connectivity index (χ0n) is 15.3. The highest BCUT2D eigenvalue weighted by molar-refractivity contribution is 6.10. The number of carbonyl (C=O) groups is 1. The van der Waals surface area contributed by atoms with Gasteiger partial charge in [-0.15, -0.1) is 13.2 Å². The van der Waals surface area contributed by atoms with E-state index in [9.17, 15) is 22.8 Å². The molecule has 0 bridgehead atoms. The van der Waals surface area contributed by atoms with Crippen molar-refractivity contribution in [2.45, 2.75) is 12.9 Å². The summed E-state index contributed by atoms with van der Waals surface area (Å²) in [6.45, 7) is 0.258. The minimum absolute atomic E-state index is 0.0984. The largest absolute Gasteiger partial charge is 0.573 e. The van der Waals surface area contributed by atoms with Gasteiger partial charge in [-0.25, -0.2) is 0 Å². The van der Waals surface area contributed by atoms with Crippen molar-refractivity contribution in [1.29, 1.82) is 0 Å². The Bertz CT molecular complexity index is 1370. The van der Waals surface area contributed by atoms with Crippen molar-refractivity contribution in [1.82, 2.24) is 9.13 Å². The maximum absolute atomic E-state index is 13.0. The minimum atomic E-state index is -4.76. The Hall–Kier alpha value is -3.81. The molecule has 0 saturated heterocycles. The zero-order valence-corrected chi connectivity index (χ0v) is 15.3. The maximum Gasteiger partial charge on any atom is 0.573 e. The van der Waals surface area contributed by atoms with E-state index in [-0.39, 0.29) is 29.2 Å². The molecule has 0 saturated carbocycles. The molecule has 2 aromatic heterocycles. The lowest BCUT2D eigenvalue weighted by Crippen LogP contribution is -2.20. The van der Waals surface area contributed by atoms with Crippen LogP contribution in [0.5, 0.6) is 5.75 Å². The number of rotatable bonds is 3. The molecule has 1 aliphatic heterocycles.